The lowest BCUT2D eigenvalue weighted by molar-refractivity contribution is -0.359. The zero-order valence-corrected chi connectivity index (χ0v) is 33.0. The molecule has 14 heteroatoms. The molecule has 0 aromatic heterocycles. The maximum atomic E-state index is 13.0. The number of unbranched alkanes of at least 4 members (excludes halogenated alkanes) is 17. The number of ether oxygens (including phenoxy) is 4. The molecule has 0 aliphatic carbocycles. The molecule has 0 spiro atoms. The van der Waals surface area contributed by atoms with E-state index in [1.807, 2.05) is 6.08 Å². The standard InChI is InChI=1S/C40H75NO13/c1-3-5-7-9-11-13-14-15-16-18-20-22-24-32(45)41-28(29(44)23-21-19-17-12-10-8-6-4-2)27-51-39-37(50)35(48)38(31(26-43)53-39)54-40-36(49)34(47)33(46)30(25-42)52-40/h21,23,28-31,33-40,42-44,46-50H,3-20,22,24-27H2,1-2H3,(H,41,45)/b23-21+. The summed E-state index contributed by atoms with van der Waals surface area (Å²) in [6.07, 6.45) is 8.58. The minimum Gasteiger partial charge on any atom is -0.394 e. The van der Waals surface area contributed by atoms with E-state index in [0.717, 1.165) is 44.9 Å². The summed E-state index contributed by atoms with van der Waals surface area (Å²) in [6.45, 7) is 2.69. The van der Waals surface area contributed by atoms with Gasteiger partial charge in [-0.05, 0) is 19.3 Å². The number of aliphatic hydroxyl groups excluding tert-OH is 8. The predicted octanol–water partition coefficient (Wildman–Crippen LogP) is 2.87. The van der Waals surface area contributed by atoms with Crippen molar-refractivity contribution >= 4 is 5.91 Å². The number of carbonyl (C=O) groups is 1. The molecule has 2 aliphatic rings. The number of nitrogens with one attached hydrogen (secondary N) is 1. The van der Waals surface area contributed by atoms with E-state index in [2.05, 4.69) is 19.2 Å². The Hall–Kier alpha value is -1.27. The number of carbonyl (C=O) groups excluding carboxylic acids is 1. The van der Waals surface area contributed by atoms with E-state index in [-0.39, 0.29) is 18.9 Å². The quantitative estimate of drug-likeness (QED) is 0.0378. The molecule has 0 aromatic rings. The van der Waals surface area contributed by atoms with Crippen LogP contribution in [0.4, 0.5) is 0 Å². The molecule has 0 saturated carbocycles. The molecule has 0 radical (unpaired) electrons. The van der Waals surface area contributed by atoms with E-state index < -0.39 is 86.8 Å². The molecular weight excluding hydrogens is 702 g/mol. The summed E-state index contributed by atoms with van der Waals surface area (Å²) in [6, 6.07) is -0.903. The third-order valence-corrected chi connectivity index (χ3v) is 10.5. The van der Waals surface area contributed by atoms with Gasteiger partial charge in [-0.25, -0.2) is 0 Å². The van der Waals surface area contributed by atoms with Crippen LogP contribution >= 0.6 is 0 Å². The van der Waals surface area contributed by atoms with Gasteiger partial charge in [-0.3, -0.25) is 4.79 Å². The first kappa shape index (κ1) is 48.9. The van der Waals surface area contributed by atoms with E-state index in [9.17, 15) is 45.6 Å². The first-order valence-corrected chi connectivity index (χ1v) is 20.9. The van der Waals surface area contributed by atoms with Gasteiger partial charge in [0.2, 0.25) is 5.91 Å². The van der Waals surface area contributed by atoms with E-state index in [1.54, 1.807) is 6.08 Å². The second-order valence-corrected chi connectivity index (χ2v) is 15.1. The summed E-state index contributed by atoms with van der Waals surface area (Å²) in [7, 11) is 0. The minimum atomic E-state index is -1.78. The van der Waals surface area contributed by atoms with Crippen molar-refractivity contribution in [1.29, 1.82) is 0 Å². The topological polar surface area (TPSA) is 228 Å². The largest absolute Gasteiger partial charge is 0.394 e. The molecule has 1 amide bonds. The Balaban J connectivity index is 1.93. The molecular formula is C40H75NO13. The normalized spacial score (nSPS) is 30.1. The van der Waals surface area contributed by atoms with Gasteiger partial charge in [0, 0.05) is 6.42 Å². The van der Waals surface area contributed by atoms with E-state index in [1.165, 1.54) is 70.6 Å². The fourth-order valence-electron chi connectivity index (χ4n) is 6.94. The highest BCUT2D eigenvalue weighted by Crippen LogP contribution is 2.30. The number of allylic oxidation sites excluding steroid dienone is 1. The zero-order valence-electron chi connectivity index (χ0n) is 33.0. The second-order valence-electron chi connectivity index (χ2n) is 15.1. The van der Waals surface area contributed by atoms with Gasteiger partial charge in [-0.2, -0.15) is 0 Å². The SMILES string of the molecule is CCCCCCCC/C=C/C(O)C(COC1OC(CO)C(OC2OC(CO)C(O)C(O)C2O)C(O)C1O)NC(=O)CCCCCCCCCCCCCC. The van der Waals surface area contributed by atoms with Crippen LogP contribution in [0.5, 0.6) is 0 Å². The predicted molar refractivity (Wildman–Crippen MR) is 203 cm³/mol. The van der Waals surface area contributed by atoms with Crippen molar-refractivity contribution in [2.75, 3.05) is 19.8 Å². The summed E-state index contributed by atoms with van der Waals surface area (Å²) < 4.78 is 22.5. The van der Waals surface area contributed by atoms with Crippen LogP contribution in [0.3, 0.4) is 0 Å². The van der Waals surface area contributed by atoms with Gasteiger partial charge in [0.1, 0.15) is 48.8 Å². The van der Waals surface area contributed by atoms with Crippen molar-refractivity contribution in [3.8, 4) is 0 Å². The monoisotopic (exact) mass is 778 g/mol. The van der Waals surface area contributed by atoms with E-state index in [4.69, 9.17) is 18.9 Å². The Morgan fingerprint density at radius 1 is 0.648 bits per heavy atom. The number of rotatable bonds is 30. The maximum Gasteiger partial charge on any atom is 0.220 e. The summed E-state index contributed by atoms with van der Waals surface area (Å²) in [5, 5.41) is 86.0. The van der Waals surface area contributed by atoms with Crippen LogP contribution in [0.15, 0.2) is 12.2 Å². The average molecular weight is 778 g/mol. The molecule has 2 fully saturated rings. The highest BCUT2D eigenvalue weighted by atomic mass is 16.7. The Morgan fingerprint density at radius 2 is 1.15 bits per heavy atom. The second kappa shape index (κ2) is 29.0. The minimum absolute atomic E-state index is 0.245. The third-order valence-electron chi connectivity index (χ3n) is 10.5. The van der Waals surface area contributed by atoms with Crippen LogP contribution in [-0.4, -0.2) is 140 Å². The number of hydrogen-bond donors (Lipinski definition) is 9. The summed E-state index contributed by atoms with van der Waals surface area (Å²) >= 11 is 0. The van der Waals surface area contributed by atoms with Crippen molar-refractivity contribution in [2.24, 2.45) is 0 Å². The number of aliphatic hydroxyl groups is 8. The molecule has 2 aliphatic heterocycles. The van der Waals surface area contributed by atoms with Gasteiger partial charge < -0.3 is 65.1 Å². The summed E-state index contributed by atoms with van der Waals surface area (Å²) in [5.74, 6) is -0.245. The lowest BCUT2D eigenvalue weighted by Gasteiger charge is -2.46. The number of hydrogen-bond acceptors (Lipinski definition) is 13. The van der Waals surface area contributed by atoms with Crippen molar-refractivity contribution < 1.29 is 64.6 Å². The molecule has 12 atom stereocenters. The van der Waals surface area contributed by atoms with Gasteiger partial charge in [-0.15, -0.1) is 0 Å². The molecule has 0 aromatic carbocycles. The fourth-order valence-corrected chi connectivity index (χ4v) is 6.94. The van der Waals surface area contributed by atoms with Crippen LogP contribution in [0.2, 0.25) is 0 Å². The third kappa shape index (κ3) is 17.9. The summed E-state index contributed by atoms with van der Waals surface area (Å²) in [5.41, 5.74) is 0. The lowest BCUT2D eigenvalue weighted by Crippen LogP contribution is -2.65. The Morgan fingerprint density at radius 3 is 1.70 bits per heavy atom. The van der Waals surface area contributed by atoms with E-state index in [0.29, 0.717) is 6.42 Å². The van der Waals surface area contributed by atoms with Gasteiger partial charge in [0.05, 0.1) is 32.0 Å². The smallest absolute Gasteiger partial charge is 0.220 e. The van der Waals surface area contributed by atoms with Crippen molar-refractivity contribution in [3.05, 3.63) is 12.2 Å². The Bertz CT molecular complexity index is 972. The average Bonchev–Trinajstić information content (AvgIpc) is 3.17. The summed E-state index contributed by atoms with van der Waals surface area (Å²) in [4.78, 5) is 13.0. The molecule has 9 N–H and O–H groups in total. The highest BCUT2D eigenvalue weighted by molar-refractivity contribution is 5.76. The van der Waals surface area contributed by atoms with Crippen molar-refractivity contribution in [1.82, 2.24) is 5.32 Å². The van der Waals surface area contributed by atoms with Crippen molar-refractivity contribution in [2.45, 2.75) is 216 Å². The first-order valence-electron chi connectivity index (χ1n) is 20.9. The fraction of sp³-hybridized carbons (Fsp3) is 0.925. The van der Waals surface area contributed by atoms with E-state index >= 15 is 0 Å². The molecule has 14 nitrogen and oxygen atoms in total. The highest BCUT2D eigenvalue weighted by Gasteiger charge is 2.50. The maximum absolute atomic E-state index is 13.0. The molecule has 54 heavy (non-hydrogen) atoms. The van der Waals surface area contributed by atoms with Crippen LogP contribution in [0.1, 0.15) is 142 Å². The van der Waals surface area contributed by atoms with Gasteiger partial charge in [0.15, 0.2) is 12.6 Å². The molecule has 0 bridgehead atoms. The van der Waals surface area contributed by atoms with Gasteiger partial charge in [0.25, 0.3) is 0 Å². The Kier molecular flexibility index (Phi) is 26.3. The van der Waals surface area contributed by atoms with Crippen LogP contribution in [0, 0.1) is 0 Å². The van der Waals surface area contributed by atoms with Crippen molar-refractivity contribution in [3.63, 3.8) is 0 Å². The lowest BCUT2D eigenvalue weighted by atomic mass is 9.97. The van der Waals surface area contributed by atoms with Crippen LogP contribution in [0.25, 0.3) is 0 Å². The zero-order chi connectivity index (χ0) is 39.7. The van der Waals surface area contributed by atoms with Crippen LogP contribution < -0.4 is 5.32 Å². The van der Waals surface area contributed by atoms with Gasteiger partial charge >= 0.3 is 0 Å². The molecule has 2 rings (SSSR count). The molecule has 2 saturated heterocycles. The van der Waals surface area contributed by atoms with Gasteiger partial charge in [-0.1, -0.05) is 129 Å². The molecule has 2 heterocycles. The Labute approximate surface area is 323 Å². The first-order chi connectivity index (χ1) is 26.1. The molecule has 12 unspecified atom stereocenters. The molecule has 318 valence electrons. The number of amides is 1. The van der Waals surface area contributed by atoms with Crippen LogP contribution in [-0.2, 0) is 23.7 Å².